The topological polar surface area (TPSA) is 26.3 Å². The standard InChI is InChI=1S/C13H14O2/c1-11(13-6-3-8-15-13)4-2-5-12-7-9-14-10-12/h3,6-10H,1-2,4-5H2. The first-order chi connectivity index (χ1) is 7.36. The average Bonchev–Trinajstić information content (AvgIpc) is 2.90. The molecule has 2 heteroatoms. The zero-order valence-corrected chi connectivity index (χ0v) is 8.61. The number of furan rings is 2. The van der Waals surface area contributed by atoms with E-state index in [1.54, 1.807) is 18.8 Å². The minimum absolute atomic E-state index is 0.891. The molecular formula is C13H14O2. The third kappa shape index (κ3) is 2.62. The van der Waals surface area contributed by atoms with Crippen LogP contribution >= 0.6 is 0 Å². The van der Waals surface area contributed by atoms with Gasteiger partial charge in [-0.05, 0) is 48.6 Å². The molecule has 2 aromatic heterocycles. The molecule has 0 N–H and O–H groups in total. The fourth-order valence-electron chi connectivity index (χ4n) is 1.54. The van der Waals surface area contributed by atoms with Crippen molar-refractivity contribution in [2.75, 3.05) is 0 Å². The summed E-state index contributed by atoms with van der Waals surface area (Å²) in [6.07, 6.45) is 8.22. The summed E-state index contributed by atoms with van der Waals surface area (Å²) >= 11 is 0. The molecule has 15 heavy (non-hydrogen) atoms. The van der Waals surface area contributed by atoms with Gasteiger partial charge in [0, 0.05) is 0 Å². The van der Waals surface area contributed by atoms with Gasteiger partial charge >= 0.3 is 0 Å². The molecule has 2 rings (SSSR count). The van der Waals surface area contributed by atoms with E-state index in [4.69, 9.17) is 8.83 Å². The van der Waals surface area contributed by atoms with E-state index >= 15 is 0 Å². The van der Waals surface area contributed by atoms with Gasteiger partial charge in [-0.3, -0.25) is 0 Å². The zero-order valence-electron chi connectivity index (χ0n) is 8.61. The van der Waals surface area contributed by atoms with E-state index in [1.807, 2.05) is 18.2 Å². The van der Waals surface area contributed by atoms with Crippen LogP contribution in [0.2, 0.25) is 0 Å². The van der Waals surface area contributed by atoms with Gasteiger partial charge in [-0.15, -0.1) is 0 Å². The first-order valence-electron chi connectivity index (χ1n) is 5.09. The van der Waals surface area contributed by atoms with E-state index in [9.17, 15) is 0 Å². The Morgan fingerprint density at radius 3 is 2.87 bits per heavy atom. The van der Waals surface area contributed by atoms with Crippen LogP contribution in [0.5, 0.6) is 0 Å². The molecule has 0 spiro atoms. The molecule has 0 aliphatic carbocycles. The van der Waals surface area contributed by atoms with Crippen molar-refractivity contribution in [2.45, 2.75) is 19.3 Å². The lowest BCUT2D eigenvalue weighted by Gasteiger charge is -2.00. The molecule has 0 saturated carbocycles. The Labute approximate surface area is 89.2 Å². The van der Waals surface area contributed by atoms with E-state index in [1.165, 1.54) is 5.56 Å². The predicted molar refractivity (Wildman–Crippen MR) is 59.4 cm³/mol. The number of allylic oxidation sites excluding steroid dienone is 1. The molecule has 0 atom stereocenters. The third-order valence-corrected chi connectivity index (χ3v) is 2.39. The Morgan fingerprint density at radius 2 is 2.20 bits per heavy atom. The van der Waals surface area contributed by atoms with Crippen molar-refractivity contribution < 1.29 is 8.83 Å². The molecule has 0 aromatic carbocycles. The van der Waals surface area contributed by atoms with Gasteiger partial charge in [-0.1, -0.05) is 6.58 Å². The van der Waals surface area contributed by atoms with E-state index in [0.717, 1.165) is 30.6 Å². The lowest BCUT2D eigenvalue weighted by atomic mass is 10.1. The summed E-state index contributed by atoms with van der Waals surface area (Å²) in [7, 11) is 0. The lowest BCUT2D eigenvalue weighted by molar-refractivity contribution is 0.549. The van der Waals surface area contributed by atoms with Crippen molar-refractivity contribution in [3.8, 4) is 0 Å². The number of rotatable bonds is 5. The molecule has 2 heterocycles. The van der Waals surface area contributed by atoms with Gasteiger partial charge in [-0.2, -0.15) is 0 Å². The van der Waals surface area contributed by atoms with E-state index < -0.39 is 0 Å². The van der Waals surface area contributed by atoms with Crippen LogP contribution in [-0.2, 0) is 6.42 Å². The average molecular weight is 202 g/mol. The molecular weight excluding hydrogens is 188 g/mol. The van der Waals surface area contributed by atoms with E-state index in [0.29, 0.717) is 0 Å². The number of aryl methyl sites for hydroxylation is 1. The molecule has 0 radical (unpaired) electrons. The van der Waals surface area contributed by atoms with Gasteiger partial charge in [0.05, 0.1) is 18.8 Å². The summed E-state index contributed by atoms with van der Waals surface area (Å²) < 4.78 is 10.3. The van der Waals surface area contributed by atoms with Gasteiger partial charge in [0.15, 0.2) is 0 Å². The van der Waals surface area contributed by atoms with Crippen molar-refractivity contribution in [3.05, 3.63) is 54.9 Å². The largest absolute Gasteiger partial charge is 0.472 e. The zero-order chi connectivity index (χ0) is 10.5. The van der Waals surface area contributed by atoms with Crippen molar-refractivity contribution in [1.29, 1.82) is 0 Å². The van der Waals surface area contributed by atoms with Gasteiger partial charge < -0.3 is 8.83 Å². The first-order valence-corrected chi connectivity index (χ1v) is 5.09. The second kappa shape index (κ2) is 4.69. The lowest BCUT2D eigenvalue weighted by Crippen LogP contribution is -1.84. The van der Waals surface area contributed by atoms with Crippen molar-refractivity contribution >= 4 is 5.57 Å². The van der Waals surface area contributed by atoms with Gasteiger partial charge in [-0.25, -0.2) is 0 Å². The minimum atomic E-state index is 0.891. The molecule has 2 nitrogen and oxygen atoms in total. The monoisotopic (exact) mass is 202 g/mol. The normalized spacial score (nSPS) is 10.4. The van der Waals surface area contributed by atoms with Crippen LogP contribution in [-0.4, -0.2) is 0 Å². The van der Waals surface area contributed by atoms with Crippen LogP contribution in [0.15, 0.2) is 52.4 Å². The SMILES string of the molecule is C=C(CCCc1ccoc1)c1ccco1. The molecule has 0 unspecified atom stereocenters. The second-order valence-corrected chi connectivity index (χ2v) is 3.57. The quantitative estimate of drug-likeness (QED) is 0.734. The second-order valence-electron chi connectivity index (χ2n) is 3.57. The Kier molecular flexibility index (Phi) is 3.08. The Hall–Kier alpha value is -1.70. The maximum absolute atomic E-state index is 5.26. The summed E-state index contributed by atoms with van der Waals surface area (Å²) in [5, 5.41) is 0. The van der Waals surface area contributed by atoms with Crippen LogP contribution in [0.4, 0.5) is 0 Å². The molecule has 0 aliphatic rings. The molecule has 0 saturated heterocycles. The van der Waals surface area contributed by atoms with Gasteiger partial charge in [0.2, 0.25) is 0 Å². The molecule has 0 fully saturated rings. The molecule has 0 aliphatic heterocycles. The van der Waals surface area contributed by atoms with Crippen molar-refractivity contribution in [3.63, 3.8) is 0 Å². The van der Waals surface area contributed by atoms with Crippen LogP contribution in [0.1, 0.15) is 24.2 Å². The Morgan fingerprint density at radius 1 is 1.27 bits per heavy atom. The van der Waals surface area contributed by atoms with Crippen LogP contribution in [0.25, 0.3) is 5.57 Å². The number of hydrogen-bond acceptors (Lipinski definition) is 2. The maximum atomic E-state index is 5.26. The summed E-state index contributed by atoms with van der Waals surface area (Å²) in [5.41, 5.74) is 2.30. The summed E-state index contributed by atoms with van der Waals surface area (Å²) in [6.45, 7) is 4.00. The van der Waals surface area contributed by atoms with Crippen LogP contribution < -0.4 is 0 Å². The molecule has 0 bridgehead atoms. The smallest absolute Gasteiger partial charge is 0.129 e. The molecule has 78 valence electrons. The van der Waals surface area contributed by atoms with Crippen molar-refractivity contribution in [2.24, 2.45) is 0 Å². The Bertz CT molecular complexity index is 396. The highest BCUT2D eigenvalue weighted by Gasteiger charge is 2.02. The minimum Gasteiger partial charge on any atom is -0.472 e. The summed E-state index contributed by atoms with van der Waals surface area (Å²) in [5.74, 6) is 0.891. The number of hydrogen-bond donors (Lipinski definition) is 0. The third-order valence-electron chi connectivity index (χ3n) is 2.39. The maximum Gasteiger partial charge on any atom is 0.129 e. The fraction of sp³-hybridized carbons (Fsp3) is 0.231. The molecule has 2 aromatic rings. The van der Waals surface area contributed by atoms with Crippen molar-refractivity contribution in [1.82, 2.24) is 0 Å². The highest BCUT2D eigenvalue weighted by Crippen LogP contribution is 2.19. The highest BCUT2D eigenvalue weighted by molar-refractivity contribution is 5.58. The van der Waals surface area contributed by atoms with E-state index in [-0.39, 0.29) is 0 Å². The first kappa shape index (κ1) is 9.84. The summed E-state index contributed by atoms with van der Waals surface area (Å²) in [6, 6.07) is 5.83. The van der Waals surface area contributed by atoms with Gasteiger partial charge in [0.1, 0.15) is 5.76 Å². The van der Waals surface area contributed by atoms with Crippen LogP contribution in [0.3, 0.4) is 0 Å². The highest BCUT2D eigenvalue weighted by atomic mass is 16.3. The fourth-order valence-corrected chi connectivity index (χ4v) is 1.54. The molecule has 0 amide bonds. The summed E-state index contributed by atoms with van der Waals surface area (Å²) in [4.78, 5) is 0. The predicted octanol–water partition coefficient (Wildman–Crippen LogP) is 3.91. The van der Waals surface area contributed by atoms with E-state index in [2.05, 4.69) is 6.58 Å². The Balaban J connectivity index is 1.77. The van der Waals surface area contributed by atoms with Gasteiger partial charge in [0.25, 0.3) is 0 Å². The van der Waals surface area contributed by atoms with Crippen LogP contribution in [0, 0.1) is 0 Å².